The molecule has 3 rings (SSSR count). The number of carbonyl (C=O) groups excluding carboxylic acids is 2. The lowest BCUT2D eigenvalue weighted by Crippen LogP contribution is -2.55. The van der Waals surface area contributed by atoms with Crippen molar-refractivity contribution in [1.29, 1.82) is 0 Å². The Morgan fingerprint density at radius 1 is 1.45 bits per heavy atom. The normalized spacial score (nSPS) is 25.9. The zero-order valence-electron chi connectivity index (χ0n) is 11.0. The van der Waals surface area contributed by atoms with Crippen LogP contribution >= 0.6 is 15.9 Å². The van der Waals surface area contributed by atoms with Crippen LogP contribution in [0, 0.1) is 5.92 Å². The summed E-state index contributed by atoms with van der Waals surface area (Å²) < 4.78 is 0.670. The maximum absolute atomic E-state index is 12.5. The molecule has 2 amide bonds. The van der Waals surface area contributed by atoms with Crippen molar-refractivity contribution in [2.45, 2.75) is 25.3 Å². The van der Waals surface area contributed by atoms with E-state index in [1.165, 1.54) is 0 Å². The minimum Gasteiger partial charge on any atom is -0.353 e. The first-order chi connectivity index (χ1) is 9.63. The van der Waals surface area contributed by atoms with Gasteiger partial charge in [-0.2, -0.15) is 0 Å². The predicted molar refractivity (Wildman–Crippen MR) is 77.1 cm³/mol. The van der Waals surface area contributed by atoms with Gasteiger partial charge in [-0.05, 0) is 46.8 Å². The number of likely N-dealkylation sites (tertiary alicyclic amines) is 1. The topological polar surface area (TPSA) is 62.3 Å². The number of halogens is 1. The minimum absolute atomic E-state index is 0.0449. The Morgan fingerprint density at radius 3 is 3.10 bits per heavy atom. The quantitative estimate of drug-likeness (QED) is 0.791. The zero-order valence-corrected chi connectivity index (χ0v) is 12.6. The van der Waals surface area contributed by atoms with E-state index in [-0.39, 0.29) is 17.9 Å². The first-order valence-electron chi connectivity index (χ1n) is 6.83. The number of nitrogens with zero attached hydrogens (tertiary/aromatic N) is 2. The number of pyridine rings is 1. The predicted octanol–water partition coefficient (Wildman–Crippen LogP) is 1.58. The number of aromatic nitrogens is 1. The fourth-order valence-corrected chi connectivity index (χ4v) is 3.38. The van der Waals surface area contributed by atoms with E-state index in [1.54, 1.807) is 18.3 Å². The molecule has 106 valence electrons. The third-order valence-corrected chi connectivity index (χ3v) is 4.52. The van der Waals surface area contributed by atoms with E-state index in [0.29, 0.717) is 29.1 Å². The van der Waals surface area contributed by atoms with E-state index in [9.17, 15) is 9.59 Å². The fourth-order valence-electron chi connectivity index (χ4n) is 3.01. The number of piperidine rings is 2. The van der Waals surface area contributed by atoms with Gasteiger partial charge in [0.05, 0.1) is 0 Å². The Balaban J connectivity index is 1.70. The first-order valence-corrected chi connectivity index (χ1v) is 7.63. The molecule has 0 spiro atoms. The molecule has 5 nitrogen and oxygen atoms in total. The fraction of sp³-hybridized carbons (Fsp3) is 0.500. The van der Waals surface area contributed by atoms with Crippen molar-refractivity contribution < 1.29 is 9.59 Å². The van der Waals surface area contributed by atoms with E-state index < -0.39 is 0 Å². The van der Waals surface area contributed by atoms with Crippen molar-refractivity contribution in [2.75, 3.05) is 13.1 Å². The number of hydrogen-bond acceptors (Lipinski definition) is 3. The van der Waals surface area contributed by atoms with Crippen LogP contribution in [0.15, 0.2) is 22.9 Å². The molecule has 2 aliphatic heterocycles. The Kier molecular flexibility index (Phi) is 3.74. The summed E-state index contributed by atoms with van der Waals surface area (Å²) in [4.78, 5) is 29.8. The molecule has 1 N–H and O–H groups in total. The van der Waals surface area contributed by atoms with Crippen LogP contribution in [0.5, 0.6) is 0 Å². The van der Waals surface area contributed by atoms with Crippen molar-refractivity contribution in [2.24, 2.45) is 5.92 Å². The summed E-state index contributed by atoms with van der Waals surface area (Å²) in [5.41, 5.74) is 0.658. The van der Waals surface area contributed by atoms with Gasteiger partial charge >= 0.3 is 0 Å². The van der Waals surface area contributed by atoms with E-state index >= 15 is 0 Å². The van der Waals surface area contributed by atoms with Crippen molar-refractivity contribution in [3.05, 3.63) is 28.5 Å². The van der Waals surface area contributed by atoms with Gasteiger partial charge in [-0.1, -0.05) is 0 Å². The van der Waals surface area contributed by atoms with Crippen molar-refractivity contribution in [3.8, 4) is 0 Å². The van der Waals surface area contributed by atoms with Gasteiger partial charge in [-0.25, -0.2) is 4.98 Å². The monoisotopic (exact) mass is 337 g/mol. The molecule has 2 fully saturated rings. The molecular weight excluding hydrogens is 322 g/mol. The van der Waals surface area contributed by atoms with Crippen molar-refractivity contribution >= 4 is 27.7 Å². The van der Waals surface area contributed by atoms with Gasteiger partial charge in [0.15, 0.2) is 0 Å². The molecule has 2 saturated heterocycles. The van der Waals surface area contributed by atoms with Crippen molar-refractivity contribution in [3.63, 3.8) is 0 Å². The van der Waals surface area contributed by atoms with Gasteiger partial charge < -0.3 is 10.2 Å². The molecule has 1 aromatic rings. The standard InChI is InChI=1S/C14H16BrN3O2/c15-12-7-9(3-5-16-12)14(20)18-6-4-11-10(8-18)1-2-13(19)17-11/h3,5,7,10-11H,1-2,4,6,8H2,(H,17,19). The lowest BCUT2D eigenvalue weighted by Gasteiger charge is -2.41. The molecule has 0 aromatic carbocycles. The molecule has 0 aliphatic carbocycles. The number of nitrogens with one attached hydrogen (secondary N) is 1. The first kappa shape index (κ1) is 13.5. The summed E-state index contributed by atoms with van der Waals surface area (Å²) in [7, 11) is 0. The second-order valence-corrected chi connectivity index (χ2v) is 6.19. The van der Waals surface area contributed by atoms with Gasteiger partial charge in [0.25, 0.3) is 5.91 Å². The number of amides is 2. The zero-order chi connectivity index (χ0) is 14.1. The largest absolute Gasteiger partial charge is 0.353 e. The number of carbonyl (C=O) groups is 2. The summed E-state index contributed by atoms with van der Waals surface area (Å²) in [6.07, 6.45) is 3.92. The van der Waals surface area contributed by atoms with Gasteiger partial charge in [-0.15, -0.1) is 0 Å². The lowest BCUT2D eigenvalue weighted by molar-refractivity contribution is -0.125. The number of hydrogen-bond donors (Lipinski definition) is 1. The third kappa shape index (κ3) is 2.70. The van der Waals surface area contributed by atoms with Gasteiger partial charge in [0, 0.05) is 37.3 Å². The Hall–Kier alpha value is -1.43. The highest BCUT2D eigenvalue weighted by molar-refractivity contribution is 9.10. The van der Waals surface area contributed by atoms with Crippen LogP contribution in [0.1, 0.15) is 29.6 Å². The molecule has 0 radical (unpaired) electrons. The van der Waals surface area contributed by atoms with E-state index in [2.05, 4.69) is 26.2 Å². The van der Waals surface area contributed by atoms with E-state index in [0.717, 1.165) is 19.4 Å². The highest BCUT2D eigenvalue weighted by atomic mass is 79.9. The molecule has 1 aromatic heterocycles. The average molecular weight is 338 g/mol. The Bertz CT molecular complexity index is 549. The second kappa shape index (κ2) is 5.52. The summed E-state index contributed by atoms with van der Waals surface area (Å²) in [6, 6.07) is 3.73. The van der Waals surface area contributed by atoms with Crippen LogP contribution < -0.4 is 5.32 Å². The van der Waals surface area contributed by atoms with Crippen LogP contribution in [-0.4, -0.2) is 40.8 Å². The molecule has 6 heteroatoms. The van der Waals surface area contributed by atoms with E-state index in [1.807, 2.05) is 4.90 Å². The maximum Gasteiger partial charge on any atom is 0.254 e. The highest BCUT2D eigenvalue weighted by Gasteiger charge is 2.35. The SMILES string of the molecule is O=C1CCC2CN(C(=O)c3ccnc(Br)c3)CCC2N1. The molecule has 3 heterocycles. The van der Waals surface area contributed by atoms with Gasteiger partial charge in [-0.3, -0.25) is 9.59 Å². The van der Waals surface area contributed by atoms with Crippen LogP contribution in [0.25, 0.3) is 0 Å². The highest BCUT2D eigenvalue weighted by Crippen LogP contribution is 2.26. The second-order valence-electron chi connectivity index (χ2n) is 5.38. The van der Waals surface area contributed by atoms with Gasteiger partial charge in [0.2, 0.25) is 5.91 Å². The summed E-state index contributed by atoms with van der Waals surface area (Å²) in [6.45, 7) is 1.42. The van der Waals surface area contributed by atoms with Crippen LogP contribution in [0.3, 0.4) is 0 Å². The molecule has 0 bridgehead atoms. The lowest BCUT2D eigenvalue weighted by atomic mass is 9.85. The summed E-state index contributed by atoms with van der Waals surface area (Å²) in [5.74, 6) is 0.572. The molecule has 0 saturated carbocycles. The average Bonchev–Trinajstić information content (AvgIpc) is 2.46. The molecule has 2 atom stereocenters. The molecule has 2 aliphatic rings. The summed E-state index contributed by atoms with van der Waals surface area (Å²) >= 11 is 3.29. The van der Waals surface area contributed by atoms with Crippen LogP contribution in [-0.2, 0) is 4.79 Å². The van der Waals surface area contributed by atoms with Gasteiger partial charge in [0.1, 0.15) is 4.60 Å². The number of rotatable bonds is 1. The van der Waals surface area contributed by atoms with E-state index in [4.69, 9.17) is 0 Å². The number of fused-ring (bicyclic) bond motifs is 1. The third-order valence-electron chi connectivity index (χ3n) is 4.08. The molecule has 2 unspecified atom stereocenters. The smallest absolute Gasteiger partial charge is 0.254 e. The summed E-state index contributed by atoms with van der Waals surface area (Å²) in [5, 5.41) is 3.03. The van der Waals surface area contributed by atoms with Crippen molar-refractivity contribution in [1.82, 2.24) is 15.2 Å². The molecular formula is C14H16BrN3O2. The Morgan fingerprint density at radius 2 is 2.30 bits per heavy atom. The van der Waals surface area contributed by atoms with Crippen LogP contribution in [0.2, 0.25) is 0 Å². The molecule has 20 heavy (non-hydrogen) atoms. The Labute approximate surface area is 125 Å². The van der Waals surface area contributed by atoms with Crippen LogP contribution in [0.4, 0.5) is 0 Å². The minimum atomic E-state index is 0.0449. The maximum atomic E-state index is 12.5.